The van der Waals surface area contributed by atoms with Crippen LogP contribution in [0.25, 0.3) is 0 Å². The molecular formula is C16H25N3O. The first-order valence-corrected chi connectivity index (χ1v) is 7.48. The highest BCUT2D eigenvalue weighted by Crippen LogP contribution is 2.16. The molecule has 1 aromatic carbocycles. The summed E-state index contributed by atoms with van der Waals surface area (Å²) in [7, 11) is 0. The highest BCUT2D eigenvalue weighted by atomic mass is 16.1. The third-order valence-electron chi connectivity index (χ3n) is 3.75. The van der Waals surface area contributed by atoms with E-state index in [1.165, 1.54) is 31.5 Å². The molecule has 2 rings (SSSR count). The minimum absolute atomic E-state index is 0.0428. The van der Waals surface area contributed by atoms with Crippen LogP contribution in [0.2, 0.25) is 0 Å². The number of carbonyl (C=O) groups is 1. The number of anilines is 1. The lowest BCUT2D eigenvalue weighted by Gasteiger charge is -2.15. The van der Waals surface area contributed by atoms with Gasteiger partial charge in [-0.1, -0.05) is 19.1 Å². The van der Waals surface area contributed by atoms with Gasteiger partial charge >= 0.3 is 0 Å². The molecule has 0 aromatic heterocycles. The summed E-state index contributed by atoms with van der Waals surface area (Å²) in [6, 6.07) is 8.14. The topological polar surface area (TPSA) is 58.4 Å². The summed E-state index contributed by atoms with van der Waals surface area (Å²) in [5.41, 5.74) is 7.69. The SMILES string of the molecule is CC(CN)CC(=O)Nc1cccc(CN2CCCC2)c1. The number of rotatable bonds is 6. The normalized spacial score (nSPS) is 17.1. The van der Waals surface area contributed by atoms with Crippen molar-refractivity contribution in [1.29, 1.82) is 0 Å². The molecule has 110 valence electrons. The predicted octanol–water partition coefficient (Wildman–Crippen LogP) is 2.21. The van der Waals surface area contributed by atoms with Gasteiger partial charge < -0.3 is 11.1 Å². The zero-order valence-corrected chi connectivity index (χ0v) is 12.3. The zero-order valence-electron chi connectivity index (χ0n) is 12.3. The molecule has 20 heavy (non-hydrogen) atoms. The lowest BCUT2D eigenvalue weighted by molar-refractivity contribution is -0.116. The first-order chi connectivity index (χ1) is 9.67. The Bertz CT molecular complexity index is 441. The van der Waals surface area contributed by atoms with Crippen molar-refractivity contribution < 1.29 is 4.79 Å². The third kappa shape index (κ3) is 4.62. The highest BCUT2D eigenvalue weighted by Gasteiger charge is 2.12. The van der Waals surface area contributed by atoms with Gasteiger partial charge in [0.1, 0.15) is 0 Å². The summed E-state index contributed by atoms with van der Waals surface area (Å²) in [6.45, 7) is 5.88. The lowest BCUT2D eigenvalue weighted by atomic mass is 10.1. The van der Waals surface area contributed by atoms with Gasteiger partial charge in [0.2, 0.25) is 5.91 Å². The Labute approximate surface area is 121 Å². The Balaban J connectivity index is 1.90. The summed E-state index contributed by atoms with van der Waals surface area (Å²) in [6.07, 6.45) is 3.08. The zero-order chi connectivity index (χ0) is 14.4. The second-order valence-corrected chi connectivity index (χ2v) is 5.78. The van der Waals surface area contributed by atoms with Crippen molar-refractivity contribution >= 4 is 11.6 Å². The van der Waals surface area contributed by atoms with E-state index in [4.69, 9.17) is 5.73 Å². The molecule has 1 aliphatic rings. The first kappa shape index (κ1) is 15.0. The maximum atomic E-state index is 11.9. The molecule has 4 heteroatoms. The Kier molecular flexibility index (Phi) is 5.56. The van der Waals surface area contributed by atoms with Crippen LogP contribution in [0.15, 0.2) is 24.3 Å². The molecule has 1 aliphatic heterocycles. The van der Waals surface area contributed by atoms with Crippen LogP contribution < -0.4 is 11.1 Å². The molecule has 1 heterocycles. The van der Waals surface area contributed by atoms with Gasteiger partial charge in [0, 0.05) is 18.7 Å². The minimum atomic E-state index is 0.0428. The van der Waals surface area contributed by atoms with Gasteiger partial charge in [0.05, 0.1) is 0 Å². The van der Waals surface area contributed by atoms with Crippen molar-refractivity contribution in [3.8, 4) is 0 Å². The fourth-order valence-electron chi connectivity index (χ4n) is 2.56. The summed E-state index contributed by atoms with van der Waals surface area (Å²) < 4.78 is 0. The molecule has 1 amide bonds. The molecule has 1 unspecified atom stereocenters. The average molecular weight is 275 g/mol. The second-order valence-electron chi connectivity index (χ2n) is 5.78. The van der Waals surface area contributed by atoms with E-state index in [0.717, 1.165) is 12.2 Å². The molecule has 1 aromatic rings. The summed E-state index contributed by atoms with van der Waals surface area (Å²) >= 11 is 0. The van der Waals surface area contributed by atoms with Crippen LogP contribution in [0.1, 0.15) is 31.7 Å². The number of nitrogens with zero attached hydrogens (tertiary/aromatic N) is 1. The Morgan fingerprint density at radius 1 is 1.40 bits per heavy atom. The number of nitrogens with two attached hydrogens (primary N) is 1. The molecule has 0 spiro atoms. The Hall–Kier alpha value is -1.39. The van der Waals surface area contributed by atoms with Crippen LogP contribution >= 0.6 is 0 Å². The van der Waals surface area contributed by atoms with Crippen molar-refractivity contribution in [3.05, 3.63) is 29.8 Å². The van der Waals surface area contributed by atoms with Crippen molar-refractivity contribution in [3.63, 3.8) is 0 Å². The molecule has 0 saturated carbocycles. The standard InChI is InChI=1S/C16H25N3O/c1-13(11-17)9-16(20)18-15-6-4-5-14(10-15)12-19-7-2-3-8-19/h4-6,10,13H,2-3,7-9,11-12,17H2,1H3,(H,18,20). The van der Waals surface area contributed by atoms with Crippen LogP contribution in [-0.4, -0.2) is 30.4 Å². The number of carbonyl (C=O) groups excluding carboxylic acids is 1. The van der Waals surface area contributed by atoms with E-state index < -0.39 is 0 Å². The summed E-state index contributed by atoms with van der Waals surface area (Å²) in [5.74, 6) is 0.268. The van der Waals surface area contributed by atoms with Crippen molar-refractivity contribution in [2.75, 3.05) is 25.0 Å². The molecule has 0 radical (unpaired) electrons. The molecule has 4 nitrogen and oxygen atoms in total. The number of benzene rings is 1. The van der Waals surface area contributed by atoms with Crippen LogP contribution in [0.3, 0.4) is 0 Å². The van der Waals surface area contributed by atoms with E-state index in [-0.39, 0.29) is 11.8 Å². The lowest BCUT2D eigenvalue weighted by Crippen LogP contribution is -2.20. The van der Waals surface area contributed by atoms with E-state index in [0.29, 0.717) is 13.0 Å². The number of hydrogen-bond acceptors (Lipinski definition) is 3. The number of likely N-dealkylation sites (tertiary alicyclic amines) is 1. The molecule has 1 atom stereocenters. The molecule has 1 fully saturated rings. The smallest absolute Gasteiger partial charge is 0.224 e. The van der Waals surface area contributed by atoms with E-state index in [1.54, 1.807) is 0 Å². The Morgan fingerprint density at radius 2 is 2.15 bits per heavy atom. The van der Waals surface area contributed by atoms with Gasteiger partial charge in [-0.15, -0.1) is 0 Å². The van der Waals surface area contributed by atoms with Gasteiger partial charge in [0.25, 0.3) is 0 Å². The number of amides is 1. The minimum Gasteiger partial charge on any atom is -0.330 e. The van der Waals surface area contributed by atoms with E-state index in [9.17, 15) is 4.79 Å². The first-order valence-electron chi connectivity index (χ1n) is 7.48. The van der Waals surface area contributed by atoms with E-state index >= 15 is 0 Å². The van der Waals surface area contributed by atoms with E-state index in [1.807, 2.05) is 19.1 Å². The van der Waals surface area contributed by atoms with Crippen LogP contribution in [0.5, 0.6) is 0 Å². The maximum Gasteiger partial charge on any atom is 0.224 e. The second kappa shape index (κ2) is 7.41. The fraction of sp³-hybridized carbons (Fsp3) is 0.562. The van der Waals surface area contributed by atoms with E-state index in [2.05, 4.69) is 22.3 Å². The molecule has 1 saturated heterocycles. The van der Waals surface area contributed by atoms with Crippen LogP contribution in [0, 0.1) is 5.92 Å². The van der Waals surface area contributed by atoms with Gasteiger partial charge in [-0.3, -0.25) is 9.69 Å². The van der Waals surface area contributed by atoms with Crippen molar-refractivity contribution in [2.24, 2.45) is 11.7 Å². The largest absolute Gasteiger partial charge is 0.330 e. The molecular weight excluding hydrogens is 250 g/mol. The van der Waals surface area contributed by atoms with Crippen LogP contribution in [-0.2, 0) is 11.3 Å². The third-order valence-corrected chi connectivity index (χ3v) is 3.75. The van der Waals surface area contributed by atoms with Gasteiger partial charge in [0.15, 0.2) is 0 Å². The molecule has 0 bridgehead atoms. The van der Waals surface area contributed by atoms with Crippen LogP contribution in [0.4, 0.5) is 5.69 Å². The average Bonchev–Trinajstić information content (AvgIpc) is 2.91. The molecule has 0 aliphatic carbocycles. The number of hydrogen-bond donors (Lipinski definition) is 2. The van der Waals surface area contributed by atoms with Gasteiger partial charge in [-0.2, -0.15) is 0 Å². The van der Waals surface area contributed by atoms with Crippen molar-refractivity contribution in [1.82, 2.24) is 4.90 Å². The Morgan fingerprint density at radius 3 is 2.85 bits per heavy atom. The maximum absolute atomic E-state index is 11.9. The monoisotopic (exact) mass is 275 g/mol. The van der Waals surface area contributed by atoms with Crippen molar-refractivity contribution in [2.45, 2.75) is 32.7 Å². The summed E-state index contributed by atoms with van der Waals surface area (Å²) in [4.78, 5) is 14.3. The summed E-state index contributed by atoms with van der Waals surface area (Å²) in [5, 5.41) is 2.96. The quantitative estimate of drug-likeness (QED) is 0.837. The highest BCUT2D eigenvalue weighted by molar-refractivity contribution is 5.90. The fourth-order valence-corrected chi connectivity index (χ4v) is 2.56. The molecule has 3 N–H and O–H groups in total. The predicted molar refractivity (Wildman–Crippen MR) is 82.4 cm³/mol. The van der Waals surface area contributed by atoms with Gasteiger partial charge in [-0.25, -0.2) is 0 Å². The van der Waals surface area contributed by atoms with Gasteiger partial charge in [-0.05, 0) is 56.1 Å². The number of nitrogens with one attached hydrogen (secondary N) is 1.